The second-order valence-electron chi connectivity index (χ2n) is 6.99. The Hall–Kier alpha value is -0.830. The van der Waals surface area contributed by atoms with Crippen molar-refractivity contribution in [3.05, 3.63) is 18.0 Å². The van der Waals surface area contributed by atoms with Gasteiger partial charge in [0, 0.05) is 24.7 Å². The first kappa shape index (κ1) is 16.5. The molecule has 3 nitrogen and oxygen atoms in total. The molecule has 1 aromatic rings. The summed E-state index contributed by atoms with van der Waals surface area (Å²) in [5.74, 6) is 1.79. The van der Waals surface area contributed by atoms with E-state index in [1.807, 2.05) is 0 Å². The molecule has 1 N–H and O–H groups in total. The standard InChI is InChI=1S/C18H33N3/c1-5-10-19-18(16-8-7-15(6-2)12-16)13-17-9-11-21(20-17)14(3)4/h9,11,14-16,18-19H,5-8,10,12-13H2,1-4H3. The Morgan fingerprint density at radius 2 is 2.14 bits per heavy atom. The summed E-state index contributed by atoms with van der Waals surface area (Å²) in [5.41, 5.74) is 1.25. The van der Waals surface area contributed by atoms with Gasteiger partial charge in [0.25, 0.3) is 0 Å². The van der Waals surface area contributed by atoms with Crippen molar-refractivity contribution in [3.8, 4) is 0 Å². The van der Waals surface area contributed by atoms with Crippen molar-refractivity contribution in [2.75, 3.05) is 6.54 Å². The molecule has 0 spiro atoms. The molecule has 21 heavy (non-hydrogen) atoms. The second-order valence-corrected chi connectivity index (χ2v) is 6.99. The number of nitrogens with one attached hydrogen (secondary N) is 1. The van der Waals surface area contributed by atoms with Gasteiger partial charge in [-0.25, -0.2) is 0 Å². The summed E-state index contributed by atoms with van der Waals surface area (Å²) in [6, 6.07) is 3.26. The summed E-state index contributed by atoms with van der Waals surface area (Å²) < 4.78 is 2.08. The SMILES string of the molecule is CCCNC(Cc1ccn(C(C)C)n1)C1CCC(CC)C1. The molecule has 2 rings (SSSR count). The van der Waals surface area contributed by atoms with Crippen LogP contribution in [-0.2, 0) is 6.42 Å². The monoisotopic (exact) mass is 291 g/mol. The molecule has 1 aliphatic rings. The molecule has 1 fully saturated rings. The van der Waals surface area contributed by atoms with Gasteiger partial charge < -0.3 is 5.32 Å². The zero-order chi connectivity index (χ0) is 15.2. The molecule has 1 heterocycles. The lowest BCUT2D eigenvalue weighted by Crippen LogP contribution is -2.38. The summed E-state index contributed by atoms with van der Waals surface area (Å²) in [6.07, 6.45) is 9.99. The van der Waals surface area contributed by atoms with Gasteiger partial charge in [-0.1, -0.05) is 26.7 Å². The van der Waals surface area contributed by atoms with Crippen LogP contribution in [0.4, 0.5) is 0 Å². The van der Waals surface area contributed by atoms with Crippen LogP contribution in [0.15, 0.2) is 12.3 Å². The van der Waals surface area contributed by atoms with E-state index in [4.69, 9.17) is 5.10 Å². The van der Waals surface area contributed by atoms with Gasteiger partial charge in [0.2, 0.25) is 0 Å². The van der Waals surface area contributed by atoms with Gasteiger partial charge in [0.1, 0.15) is 0 Å². The normalized spacial score (nSPS) is 23.9. The minimum Gasteiger partial charge on any atom is -0.313 e. The molecule has 3 unspecified atom stereocenters. The largest absolute Gasteiger partial charge is 0.313 e. The van der Waals surface area contributed by atoms with Gasteiger partial charge >= 0.3 is 0 Å². The van der Waals surface area contributed by atoms with Crippen LogP contribution < -0.4 is 5.32 Å². The van der Waals surface area contributed by atoms with Crippen LogP contribution in [0.5, 0.6) is 0 Å². The van der Waals surface area contributed by atoms with E-state index >= 15 is 0 Å². The molecule has 0 aliphatic heterocycles. The maximum Gasteiger partial charge on any atom is 0.0640 e. The third-order valence-electron chi connectivity index (χ3n) is 5.01. The van der Waals surface area contributed by atoms with E-state index in [1.165, 1.54) is 37.8 Å². The number of hydrogen-bond acceptors (Lipinski definition) is 2. The Kier molecular flexibility index (Phi) is 6.28. The first-order valence-corrected chi connectivity index (χ1v) is 8.91. The third kappa shape index (κ3) is 4.57. The summed E-state index contributed by atoms with van der Waals surface area (Å²) in [6.45, 7) is 10.1. The van der Waals surface area contributed by atoms with Crippen LogP contribution in [0.1, 0.15) is 71.5 Å². The minimum atomic E-state index is 0.455. The maximum atomic E-state index is 4.74. The van der Waals surface area contributed by atoms with Gasteiger partial charge in [-0.2, -0.15) is 5.10 Å². The summed E-state index contributed by atoms with van der Waals surface area (Å²) >= 11 is 0. The van der Waals surface area contributed by atoms with Crippen LogP contribution in [0, 0.1) is 11.8 Å². The number of hydrogen-bond donors (Lipinski definition) is 1. The highest BCUT2D eigenvalue weighted by Gasteiger charge is 2.30. The van der Waals surface area contributed by atoms with Gasteiger partial charge in [0.15, 0.2) is 0 Å². The molecule has 0 saturated heterocycles. The second kappa shape index (κ2) is 7.98. The number of aromatic nitrogens is 2. The van der Waals surface area contributed by atoms with Crippen molar-refractivity contribution < 1.29 is 0 Å². The first-order valence-electron chi connectivity index (χ1n) is 8.91. The molecular formula is C18H33N3. The highest BCUT2D eigenvalue weighted by Crippen LogP contribution is 2.35. The van der Waals surface area contributed by atoms with Crippen molar-refractivity contribution in [2.45, 2.75) is 78.3 Å². The number of nitrogens with zero attached hydrogens (tertiary/aromatic N) is 2. The summed E-state index contributed by atoms with van der Waals surface area (Å²) in [7, 11) is 0. The predicted molar refractivity (Wildman–Crippen MR) is 89.5 cm³/mol. The van der Waals surface area contributed by atoms with Gasteiger partial charge in [-0.15, -0.1) is 0 Å². The quantitative estimate of drug-likeness (QED) is 0.778. The molecule has 0 radical (unpaired) electrons. The minimum absolute atomic E-state index is 0.455. The van der Waals surface area contributed by atoms with E-state index in [2.05, 4.69) is 50.0 Å². The lowest BCUT2D eigenvalue weighted by molar-refractivity contribution is 0.340. The molecule has 3 atom stereocenters. The van der Waals surface area contributed by atoms with E-state index < -0.39 is 0 Å². The molecular weight excluding hydrogens is 258 g/mol. The van der Waals surface area contributed by atoms with Gasteiger partial charge in [-0.05, 0) is 57.6 Å². The fraction of sp³-hybridized carbons (Fsp3) is 0.833. The van der Waals surface area contributed by atoms with Crippen molar-refractivity contribution in [1.29, 1.82) is 0 Å². The van der Waals surface area contributed by atoms with Crippen LogP contribution in [0.3, 0.4) is 0 Å². The predicted octanol–water partition coefficient (Wildman–Crippen LogP) is 4.20. The Bertz CT molecular complexity index is 410. The Morgan fingerprint density at radius 3 is 2.71 bits per heavy atom. The van der Waals surface area contributed by atoms with Crippen LogP contribution in [0.2, 0.25) is 0 Å². The first-order chi connectivity index (χ1) is 10.1. The Balaban J connectivity index is 1.98. The van der Waals surface area contributed by atoms with E-state index in [1.54, 1.807) is 0 Å². The van der Waals surface area contributed by atoms with Crippen LogP contribution in [0.25, 0.3) is 0 Å². The summed E-state index contributed by atoms with van der Waals surface area (Å²) in [5, 5.41) is 8.54. The fourth-order valence-corrected chi connectivity index (χ4v) is 3.58. The average molecular weight is 291 g/mol. The van der Waals surface area contributed by atoms with E-state index in [9.17, 15) is 0 Å². The highest BCUT2D eigenvalue weighted by atomic mass is 15.3. The number of rotatable bonds is 8. The molecule has 120 valence electrons. The van der Waals surface area contributed by atoms with E-state index in [0.29, 0.717) is 12.1 Å². The van der Waals surface area contributed by atoms with E-state index in [0.717, 1.165) is 24.8 Å². The third-order valence-corrected chi connectivity index (χ3v) is 5.01. The lowest BCUT2D eigenvalue weighted by Gasteiger charge is -2.24. The van der Waals surface area contributed by atoms with Gasteiger partial charge in [-0.3, -0.25) is 4.68 Å². The maximum absolute atomic E-state index is 4.74. The van der Waals surface area contributed by atoms with Crippen molar-refractivity contribution in [2.24, 2.45) is 11.8 Å². The lowest BCUT2D eigenvalue weighted by atomic mass is 9.92. The van der Waals surface area contributed by atoms with Crippen LogP contribution in [-0.4, -0.2) is 22.4 Å². The van der Waals surface area contributed by atoms with Crippen LogP contribution >= 0.6 is 0 Å². The molecule has 0 bridgehead atoms. The molecule has 3 heteroatoms. The summed E-state index contributed by atoms with van der Waals surface area (Å²) in [4.78, 5) is 0. The molecule has 1 saturated carbocycles. The smallest absolute Gasteiger partial charge is 0.0640 e. The topological polar surface area (TPSA) is 29.9 Å². The molecule has 0 aromatic carbocycles. The zero-order valence-corrected chi connectivity index (χ0v) is 14.3. The van der Waals surface area contributed by atoms with Gasteiger partial charge in [0.05, 0.1) is 5.69 Å². The Morgan fingerprint density at radius 1 is 1.33 bits per heavy atom. The molecule has 1 aliphatic carbocycles. The highest BCUT2D eigenvalue weighted by molar-refractivity contribution is 5.03. The van der Waals surface area contributed by atoms with Crippen molar-refractivity contribution in [1.82, 2.24) is 15.1 Å². The fourth-order valence-electron chi connectivity index (χ4n) is 3.58. The average Bonchev–Trinajstić information content (AvgIpc) is 3.12. The molecule has 0 amide bonds. The van der Waals surface area contributed by atoms with Crippen molar-refractivity contribution in [3.63, 3.8) is 0 Å². The molecule has 1 aromatic heterocycles. The Labute approximate surface area is 130 Å². The zero-order valence-electron chi connectivity index (χ0n) is 14.3. The van der Waals surface area contributed by atoms with Crippen molar-refractivity contribution >= 4 is 0 Å². The van der Waals surface area contributed by atoms with E-state index in [-0.39, 0.29) is 0 Å².